The Hall–Kier alpha value is -1.99. The lowest BCUT2D eigenvalue weighted by molar-refractivity contribution is 0.689. The van der Waals surface area contributed by atoms with Crippen LogP contribution in [0.4, 0.5) is 11.4 Å². The van der Waals surface area contributed by atoms with Gasteiger partial charge in [0, 0.05) is 24.4 Å². The first-order valence-corrected chi connectivity index (χ1v) is 7.04. The molecule has 0 radical (unpaired) electrons. The van der Waals surface area contributed by atoms with Gasteiger partial charge in [0.05, 0.1) is 23.0 Å². The number of nitriles is 1. The molecule has 2 rings (SSSR count). The number of anilines is 2. The summed E-state index contributed by atoms with van der Waals surface area (Å²) in [6.45, 7) is 2.18. The molecule has 1 atom stereocenters. The van der Waals surface area contributed by atoms with Crippen molar-refractivity contribution in [2.75, 3.05) is 17.7 Å². The molecule has 1 unspecified atom stereocenters. The molecule has 0 aliphatic heterocycles. The zero-order chi connectivity index (χ0) is 13.8. The molecule has 0 saturated carbocycles. The van der Waals surface area contributed by atoms with Crippen LogP contribution in [0.1, 0.15) is 17.4 Å². The van der Waals surface area contributed by atoms with Crippen molar-refractivity contribution in [3.05, 3.63) is 46.2 Å². The lowest BCUT2D eigenvalue weighted by atomic mass is 10.1. The molecule has 3 nitrogen and oxygen atoms in total. The Morgan fingerprint density at radius 2 is 2.21 bits per heavy atom. The second-order valence-electron chi connectivity index (χ2n) is 4.63. The Labute approximate surface area is 117 Å². The normalized spacial score (nSPS) is 11.8. The van der Waals surface area contributed by atoms with E-state index in [1.54, 1.807) is 23.5 Å². The van der Waals surface area contributed by atoms with E-state index < -0.39 is 0 Å². The third-order valence-electron chi connectivity index (χ3n) is 3.27. The van der Waals surface area contributed by atoms with Crippen molar-refractivity contribution in [2.24, 2.45) is 0 Å². The standard InChI is InChI=1S/C15H17N3S/c1-11(8-13-4-3-7-19-13)18(2)15-6-5-12(10-16)9-14(15)17/h3-7,9,11H,8,17H2,1-2H3. The van der Waals surface area contributed by atoms with Gasteiger partial charge in [-0.3, -0.25) is 0 Å². The number of hydrogen-bond acceptors (Lipinski definition) is 4. The number of benzene rings is 1. The maximum atomic E-state index is 8.85. The number of nitrogens with two attached hydrogens (primary N) is 1. The molecule has 0 spiro atoms. The van der Waals surface area contributed by atoms with Crippen LogP contribution in [0.15, 0.2) is 35.7 Å². The molecule has 0 bridgehead atoms. The first kappa shape index (κ1) is 13.4. The van der Waals surface area contributed by atoms with Crippen molar-refractivity contribution in [2.45, 2.75) is 19.4 Å². The molecule has 0 amide bonds. The summed E-state index contributed by atoms with van der Waals surface area (Å²) in [5.41, 5.74) is 8.24. The minimum Gasteiger partial charge on any atom is -0.397 e. The molecular weight excluding hydrogens is 254 g/mol. The number of thiophene rings is 1. The smallest absolute Gasteiger partial charge is 0.0992 e. The van der Waals surface area contributed by atoms with Crippen molar-refractivity contribution < 1.29 is 0 Å². The summed E-state index contributed by atoms with van der Waals surface area (Å²) in [5.74, 6) is 0. The number of likely N-dealkylation sites (N-methyl/N-ethyl adjacent to an activating group) is 1. The maximum Gasteiger partial charge on any atom is 0.0992 e. The van der Waals surface area contributed by atoms with E-state index in [1.165, 1.54) is 4.88 Å². The van der Waals surface area contributed by atoms with Gasteiger partial charge in [-0.1, -0.05) is 6.07 Å². The molecule has 1 heterocycles. The van der Waals surface area contributed by atoms with E-state index in [0.29, 0.717) is 17.3 Å². The van der Waals surface area contributed by atoms with Gasteiger partial charge in [0.15, 0.2) is 0 Å². The van der Waals surface area contributed by atoms with E-state index in [2.05, 4.69) is 35.4 Å². The first-order chi connectivity index (χ1) is 9.11. The third-order valence-corrected chi connectivity index (χ3v) is 4.17. The van der Waals surface area contributed by atoms with E-state index in [9.17, 15) is 0 Å². The molecule has 0 aliphatic carbocycles. The summed E-state index contributed by atoms with van der Waals surface area (Å²) in [6, 6.07) is 12.1. The van der Waals surface area contributed by atoms with Gasteiger partial charge in [0.1, 0.15) is 0 Å². The summed E-state index contributed by atoms with van der Waals surface area (Å²) in [4.78, 5) is 3.53. The Kier molecular flexibility index (Phi) is 4.08. The summed E-state index contributed by atoms with van der Waals surface area (Å²) < 4.78 is 0. The van der Waals surface area contributed by atoms with Crippen molar-refractivity contribution in [1.82, 2.24) is 0 Å². The second-order valence-corrected chi connectivity index (χ2v) is 5.66. The number of rotatable bonds is 4. The average molecular weight is 271 g/mol. The van der Waals surface area contributed by atoms with E-state index >= 15 is 0 Å². The minimum atomic E-state index is 0.355. The summed E-state index contributed by atoms with van der Waals surface area (Å²) in [6.07, 6.45) is 0.994. The lowest BCUT2D eigenvalue weighted by Crippen LogP contribution is -2.31. The maximum absolute atomic E-state index is 8.85. The fourth-order valence-electron chi connectivity index (χ4n) is 2.04. The van der Waals surface area contributed by atoms with Crippen molar-refractivity contribution in [3.63, 3.8) is 0 Å². The highest BCUT2D eigenvalue weighted by Gasteiger charge is 2.14. The molecule has 0 aliphatic rings. The SMILES string of the molecule is CC(Cc1cccs1)N(C)c1ccc(C#N)cc1N. The van der Waals surface area contributed by atoms with Gasteiger partial charge < -0.3 is 10.6 Å². The van der Waals surface area contributed by atoms with Gasteiger partial charge in [-0.15, -0.1) is 11.3 Å². The fourth-order valence-corrected chi connectivity index (χ4v) is 2.87. The first-order valence-electron chi connectivity index (χ1n) is 6.16. The number of hydrogen-bond donors (Lipinski definition) is 1. The van der Waals surface area contributed by atoms with Gasteiger partial charge >= 0.3 is 0 Å². The van der Waals surface area contributed by atoms with Crippen LogP contribution in [0.3, 0.4) is 0 Å². The third kappa shape index (κ3) is 3.07. The van der Waals surface area contributed by atoms with Crippen molar-refractivity contribution >= 4 is 22.7 Å². The van der Waals surface area contributed by atoms with E-state index in [0.717, 1.165) is 12.1 Å². The quantitative estimate of drug-likeness (QED) is 0.868. The van der Waals surface area contributed by atoms with Crippen LogP contribution in [-0.2, 0) is 6.42 Å². The van der Waals surface area contributed by atoms with Crippen LogP contribution in [-0.4, -0.2) is 13.1 Å². The van der Waals surface area contributed by atoms with Gasteiger partial charge in [-0.2, -0.15) is 5.26 Å². The average Bonchev–Trinajstić information content (AvgIpc) is 2.90. The van der Waals surface area contributed by atoms with Crippen LogP contribution in [0.2, 0.25) is 0 Å². The molecular formula is C15H17N3S. The van der Waals surface area contributed by atoms with Crippen LogP contribution in [0, 0.1) is 11.3 Å². The molecule has 2 N–H and O–H groups in total. The van der Waals surface area contributed by atoms with Gasteiger partial charge in [-0.25, -0.2) is 0 Å². The zero-order valence-electron chi connectivity index (χ0n) is 11.1. The molecule has 1 aromatic heterocycles. The van der Waals surface area contributed by atoms with Gasteiger partial charge in [0.2, 0.25) is 0 Å². The van der Waals surface area contributed by atoms with Gasteiger partial charge in [-0.05, 0) is 36.6 Å². The second kappa shape index (κ2) is 5.77. The van der Waals surface area contributed by atoms with E-state index in [1.807, 2.05) is 13.1 Å². The lowest BCUT2D eigenvalue weighted by Gasteiger charge is -2.28. The minimum absolute atomic E-state index is 0.355. The Morgan fingerprint density at radius 1 is 1.42 bits per heavy atom. The zero-order valence-corrected chi connectivity index (χ0v) is 11.9. The van der Waals surface area contributed by atoms with Crippen molar-refractivity contribution in [3.8, 4) is 6.07 Å². The number of nitrogen functional groups attached to an aromatic ring is 1. The Balaban J connectivity index is 2.15. The molecule has 0 saturated heterocycles. The van der Waals surface area contributed by atoms with Gasteiger partial charge in [0.25, 0.3) is 0 Å². The predicted octanol–water partition coefficient (Wildman–Crippen LogP) is 3.27. The highest BCUT2D eigenvalue weighted by atomic mass is 32.1. The molecule has 98 valence electrons. The monoisotopic (exact) mass is 271 g/mol. The fraction of sp³-hybridized carbons (Fsp3) is 0.267. The Bertz CT molecular complexity index is 584. The summed E-state index contributed by atoms with van der Waals surface area (Å²) >= 11 is 1.77. The molecule has 19 heavy (non-hydrogen) atoms. The van der Waals surface area contributed by atoms with E-state index in [4.69, 9.17) is 11.0 Å². The van der Waals surface area contributed by atoms with Crippen LogP contribution in [0.25, 0.3) is 0 Å². The highest BCUT2D eigenvalue weighted by molar-refractivity contribution is 7.09. The highest BCUT2D eigenvalue weighted by Crippen LogP contribution is 2.26. The molecule has 2 aromatic rings. The molecule has 4 heteroatoms. The topological polar surface area (TPSA) is 53.0 Å². The summed E-state index contributed by atoms with van der Waals surface area (Å²) in [7, 11) is 2.04. The summed E-state index contributed by atoms with van der Waals surface area (Å²) in [5, 5.41) is 10.9. The van der Waals surface area contributed by atoms with E-state index in [-0.39, 0.29) is 0 Å². The van der Waals surface area contributed by atoms with Crippen LogP contribution < -0.4 is 10.6 Å². The molecule has 0 fully saturated rings. The van der Waals surface area contributed by atoms with Crippen LogP contribution in [0.5, 0.6) is 0 Å². The predicted molar refractivity (Wildman–Crippen MR) is 81.5 cm³/mol. The van der Waals surface area contributed by atoms with Crippen molar-refractivity contribution in [1.29, 1.82) is 5.26 Å². The molecule has 1 aromatic carbocycles. The number of nitrogens with zero attached hydrogens (tertiary/aromatic N) is 2. The van der Waals surface area contributed by atoms with Crippen LogP contribution >= 0.6 is 11.3 Å². The Morgan fingerprint density at radius 3 is 2.79 bits per heavy atom. The largest absolute Gasteiger partial charge is 0.397 e.